The number of hydrogen-bond donors (Lipinski definition) is 0. The van der Waals surface area contributed by atoms with Crippen molar-refractivity contribution in [2.45, 2.75) is 30.7 Å². The lowest BCUT2D eigenvalue weighted by molar-refractivity contribution is -0.146. The van der Waals surface area contributed by atoms with E-state index in [1.54, 1.807) is 0 Å². The Hall–Kier alpha value is -1.09. The van der Waals surface area contributed by atoms with Gasteiger partial charge in [0.1, 0.15) is 6.10 Å². The first kappa shape index (κ1) is 12.4. The predicted octanol–water partition coefficient (Wildman–Crippen LogP) is 3.56. The quantitative estimate of drug-likeness (QED) is 0.616. The Bertz CT molecular complexity index is 425. The van der Waals surface area contributed by atoms with E-state index in [0.29, 0.717) is 0 Å². The molecular formula is C14H15BrO2. The predicted molar refractivity (Wildman–Crippen MR) is 71.9 cm³/mol. The van der Waals surface area contributed by atoms with Crippen LogP contribution < -0.4 is 0 Å². The summed E-state index contributed by atoms with van der Waals surface area (Å²) in [7, 11) is 0. The van der Waals surface area contributed by atoms with Crippen molar-refractivity contribution in [3.8, 4) is 0 Å². The van der Waals surface area contributed by atoms with E-state index < -0.39 is 0 Å². The third-order valence-electron chi connectivity index (χ3n) is 2.86. The Labute approximate surface area is 110 Å². The van der Waals surface area contributed by atoms with Gasteiger partial charge in [0.15, 0.2) is 0 Å². The third kappa shape index (κ3) is 2.97. The molecule has 0 unspecified atom stereocenters. The molecule has 1 aliphatic rings. The van der Waals surface area contributed by atoms with Crippen molar-refractivity contribution in [1.82, 2.24) is 0 Å². The van der Waals surface area contributed by atoms with Gasteiger partial charge >= 0.3 is 5.97 Å². The maximum absolute atomic E-state index is 11.0. The third-order valence-corrected chi connectivity index (χ3v) is 3.95. The molecule has 0 heterocycles. The molecule has 2 rings (SSSR count). The fourth-order valence-electron chi connectivity index (χ4n) is 2.10. The number of halogens is 1. The molecule has 1 aromatic carbocycles. The highest BCUT2D eigenvalue weighted by atomic mass is 79.9. The molecule has 17 heavy (non-hydrogen) atoms. The number of allylic oxidation sites excluding steroid dienone is 1. The number of hydrogen-bond acceptors (Lipinski definition) is 2. The van der Waals surface area contributed by atoms with Crippen LogP contribution in [0.2, 0.25) is 0 Å². The van der Waals surface area contributed by atoms with Crippen LogP contribution in [0.1, 0.15) is 25.3 Å². The van der Waals surface area contributed by atoms with Crippen LogP contribution in [0.25, 0.3) is 5.57 Å². The average Bonchev–Trinajstić information content (AvgIpc) is 2.32. The Balaban J connectivity index is 2.19. The number of carbonyl (C=O) groups excluding carboxylic acids is 1. The van der Waals surface area contributed by atoms with Crippen molar-refractivity contribution < 1.29 is 9.53 Å². The summed E-state index contributed by atoms with van der Waals surface area (Å²) >= 11 is 3.64. The fourth-order valence-corrected chi connectivity index (χ4v) is 2.93. The number of esters is 1. The van der Waals surface area contributed by atoms with E-state index in [2.05, 4.69) is 34.1 Å². The van der Waals surface area contributed by atoms with Gasteiger partial charge in [0.25, 0.3) is 0 Å². The molecule has 1 aliphatic carbocycles. The number of benzene rings is 1. The zero-order valence-electron chi connectivity index (χ0n) is 9.73. The van der Waals surface area contributed by atoms with Gasteiger partial charge in [-0.15, -0.1) is 0 Å². The van der Waals surface area contributed by atoms with E-state index >= 15 is 0 Å². The largest absolute Gasteiger partial charge is 0.461 e. The zero-order valence-corrected chi connectivity index (χ0v) is 11.3. The van der Waals surface area contributed by atoms with Crippen molar-refractivity contribution in [2.24, 2.45) is 0 Å². The molecular weight excluding hydrogens is 280 g/mol. The Morgan fingerprint density at radius 3 is 2.71 bits per heavy atom. The summed E-state index contributed by atoms with van der Waals surface area (Å²) in [5.41, 5.74) is 2.40. The minimum absolute atomic E-state index is 0.0623. The van der Waals surface area contributed by atoms with Gasteiger partial charge in [0.05, 0.1) is 4.83 Å². The van der Waals surface area contributed by atoms with Crippen molar-refractivity contribution in [1.29, 1.82) is 0 Å². The summed E-state index contributed by atoms with van der Waals surface area (Å²) in [5, 5.41) is 0. The second-order valence-corrected chi connectivity index (χ2v) is 5.14. The summed E-state index contributed by atoms with van der Waals surface area (Å²) in [4.78, 5) is 11.1. The van der Waals surface area contributed by atoms with Crippen LogP contribution in [0.4, 0.5) is 0 Å². The van der Waals surface area contributed by atoms with Gasteiger partial charge < -0.3 is 4.74 Å². The Kier molecular flexibility index (Phi) is 4.00. The lowest BCUT2D eigenvalue weighted by Gasteiger charge is -2.28. The molecule has 0 saturated carbocycles. The van der Waals surface area contributed by atoms with Gasteiger partial charge in [0, 0.05) is 6.92 Å². The molecule has 2 nitrogen and oxygen atoms in total. The maximum Gasteiger partial charge on any atom is 0.302 e. The topological polar surface area (TPSA) is 26.3 Å². The zero-order chi connectivity index (χ0) is 12.3. The van der Waals surface area contributed by atoms with E-state index in [0.717, 1.165) is 12.8 Å². The van der Waals surface area contributed by atoms with Crippen molar-refractivity contribution in [2.75, 3.05) is 0 Å². The molecule has 0 aromatic heterocycles. The van der Waals surface area contributed by atoms with Crippen LogP contribution in [0, 0.1) is 0 Å². The highest BCUT2D eigenvalue weighted by Crippen LogP contribution is 2.34. The average molecular weight is 295 g/mol. The molecule has 0 saturated heterocycles. The molecule has 0 fully saturated rings. The van der Waals surface area contributed by atoms with E-state index in [9.17, 15) is 4.79 Å². The van der Waals surface area contributed by atoms with Crippen LogP contribution in [-0.4, -0.2) is 16.9 Å². The smallest absolute Gasteiger partial charge is 0.302 e. The molecule has 0 amide bonds. The lowest BCUT2D eigenvalue weighted by Crippen LogP contribution is -2.29. The minimum Gasteiger partial charge on any atom is -0.461 e. The van der Waals surface area contributed by atoms with Gasteiger partial charge in [-0.1, -0.05) is 52.3 Å². The van der Waals surface area contributed by atoms with Gasteiger partial charge in [-0.25, -0.2) is 0 Å². The normalized spacial score (nSPS) is 24.0. The second-order valence-electron chi connectivity index (χ2n) is 4.15. The molecule has 0 spiro atoms. The standard InChI is InChI=1S/C14H15BrO2/c1-10(16)17-13-9-5-8-12(14(13)15)11-6-3-2-4-7-11/h2-4,6-8,13-14H,5,9H2,1H3/t13-,14-/m0/s1. The highest BCUT2D eigenvalue weighted by Gasteiger charge is 2.28. The lowest BCUT2D eigenvalue weighted by atomic mass is 9.91. The first-order valence-electron chi connectivity index (χ1n) is 5.75. The maximum atomic E-state index is 11.0. The summed E-state index contributed by atoms with van der Waals surface area (Å²) in [6.45, 7) is 1.46. The Morgan fingerprint density at radius 1 is 1.35 bits per heavy atom. The molecule has 0 N–H and O–H groups in total. The summed E-state index contributed by atoms with van der Waals surface area (Å²) in [6.07, 6.45) is 3.98. The van der Waals surface area contributed by atoms with E-state index in [1.807, 2.05) is 18.2 Å². The molecule has 2 atom stereocenters. The number of carbonyl (C=O) groups is 1. The molecule has 1 aromatic rings. The molecule has 90 valence electrons. The number of rotatable bonds is 2. The first-order valence-corrected chi connectivity index (χ1v) is 6.67. The summed E-state index contributed by atoms with van der Waals surface area (Å²) in [5.74, 6) is -0.214. The fraction of sp³-hybridized carbons (Fsp3) is 0.357. The number of ether oxygens (including phenoxy) is 1. The molecule has 0 aliphatic heterocycles. The van der Waals surface area contributed by atoms with Gasteiger partial charge in [-0.2, -0.15) is 0 Å². The van der Waals surface area contributed by atoms with Gasteiger partial charge in [0.2, 0.25) is 0 Å². The van der Waals surface area contributed by atoms with Gasteiger partial charge in [-0.3, -0.25) is 4.79 Å². The molecule has 0 bridgehead atoms. The Morgan fingerprint density at radius 2 is 2.06 bits per heavy atom. The molecule has 0 radical (unpaired) electrons. The van der Waals surface area contributed by atoms with Crippen LogP contribution in [0.3, 0.4) is 0 Å². The second kappa shape index (κ2) is 5.50. The van der Waals surface area contributed by atoms with Crippen molar-refractivity contribution in [3.05, 3.63) is 42.0 Å². The van der Waals surface area contributed by atoms with Crippen LogP contribution >= 0.6 is 15.9 Å². The van der Waals surface area contributed by atoms with E-state index in [-0.39, 0.29) is 16.9 Å². The van der Waals surface area contributed by atoms with Crippen molar-refractivity contribution >= 4 is 27.5 Å². The van der Waals surface area contributed by atoms with Crippen LogP contribution in [-0.2, 0) is 9.53 Å². The minimum atomic E-state index is -0.214. The summed E-state index contributed by atoms with van der Waals surface area (Å²) < 4.78 is 5.33. The SMILES string of the molecule is CC(=O)O[C@H]1CCC=C(c2ccccc2)[C@@H]1Br. The van der Waals surface area contributed by atoms with Gasteiger partial charge in [-0.05, 0) is 24.0 Å². The molecule has 3 heteroatoms. The first-order chi connectivity index (χ1) is 8.18. The van der Waals surface area contributed by atoms with E-state index in [1.165, 1.54) is 18.1 Å². The van der Waals surface area contributed by atoms with Crippen LogP contribution in [0.5, 0.6) is 0 Å². The number of alkyl halides is 1. The van der Waals surface area contributed by atoms with E-state index in [4.69, 9.17) is 4.74 Å². The van der Waals surface area contributed by atoms with Crippen molar-refractivity contribution in [3.63, 3.8) is 0 Å². The highest BCUT2D eigenvalue weighted by molar-refractivity contribution is 9.09. The summed E-state index contributed by atoms with van der Waals surface area (Å²) in [6, 6.07) is 10.2. The monoisotopic (exact) mass is 294 g/mol. The van der Waals surface area contributed by atoms with Crippen LogP contribution in [0.15, 0.2) is 36.4 Å².